The first kappa shape index (κ1) is 30.6. The van der Waals surface area contributed by atoms with Gasteiger partial charge in [0.15, 0.2) is 11.6 Å². The highest BCUT2D eigenvalue weighted by Gasteiger charge is 2.22. The minimum Gasteiger partial charge on any atom is -0.484 e. The van der Waals surface area contributed by atoms with Gasteiger partial charge in [-0.3, -0.25) is 15.2 Å². The van der Waals surface area contributed by atoms with Gasteiger partial charge in [-0.25, -0.2) is 24.1 Å². The molecule has 1 aliphatic rings. The van der Waals surface area contributed by atoms with Crippen molar-refractivity contribution in [2.75, 3.05) is 38.7 Å². The highest BCUT2D eigenvalue weighted by atomic mass is 32.1. The predicted octanol–water partition coefficient (Wildman–Crippen LogP) is 5.99. The Bertz CT molecular complexity index is 1830. The topological polar surface area (TPSA) is 121 Å². The number of morpholine rings is 1. The number of pyridine rings is 1. The van der Waals surface area contributed by atoms with Gasteiger partial charge in [-0.1, -0.05) is 0 Å². The van der Waals surface area contributed by atoms with Crippen LogP contribution < -0.4 is 14.8 Å². The number of nitrogens with one attached hydrogen (secondary N) is 1. The molecule has 0 spiro atoms. The van der Waals surface area contributed by atoms with Crippen molar-refractivity contribution >= 4 is 44.4 Å². The summed E-state index contributed by atoms with van der Waals surface area (Å²) in [7, 11) is 1.54. The monoisotopic (exact) mass is 632 g/mol. The molecule has 234 valence electrons. The lowest BCUT2D eigenvalue weighted by Crippen LogP contribution is -2.35. The normalized spacial score (nSPS) is 15.1. The molecular weight excluding hydrogens is 599 g/mol. The number of thiazole rings is 1. The number of hydrogen-bond acceptors (Lipinski definition) is 11. The third kappa shape index (κ3) is 7.11. The van der Waals surface area contributed by atoms with Gasteiger partial charge in [0, 0.05) is 37.3 Å². The number of carbonyl (C=O) groups is 1. The lowest BCUT2D eigenvalue weighted by atomic mass is 10.1. The van der Waals surface area contributed by atoms with E-state index in [2.05, 4.69) is 30.2 Å². The lowest BCUT2D eigenvalue weighted by Gasteiger charge is -2.26. The molecule has 0 unspecified atom stereocenters. The van der Waals surface area contributed by atoms with Crippen molar-refractivity contribution in [1.29, 1.82) is 0 Å². The van der Waals surface area contributed by atoms with Crippen LogP contribution in [0.25, 0.3) is 31.8 Å². The van der Waals surface area contributed by atoms with Gasteiger partial charge < -0.3 is 18.9 Å². The van der Waals surface area contributed by atoms with Crippen LogP contribution in [0.15, 0.2) is 48.8 Å². The van der Waals surface area contributed by atoms with Gasteiger partial charge >= 0.3 is 6.09 Å². The minimum atomic E-state index is -0.681. The van der Waals surface area contributed by atoms with E-state index >= 15 is 4.39 Å². The molecule has 3 aromatic heterocycles. The Hall–Kier alpha value is -4.46. The number of halogens is 1. The van der Waals surface area contributed by atoms with Crippen LogP contribution in [-0.2, 0) is 16.0 Å². The Labute approximate surface area is 263 Å². The number of fused-ring (bicyclic) bond motifs is 2. The first-order valence-electron chi connectivity index (χ1n) is 14.6. The summed E-state index contributed by atoms with van der Waals surface area (Å²) in [6.07, 6.45) is 1.17. The van der Waals surface area contributed by atoms with Crippen molar-refractivity contribution < 1.29 is 28.1 Å². The molecule has 1 aliphatic heterocycles. The standard InChI is InChI=1S/C32H33FN6O5S/c1-18-11-23(30-26(12-18)37-29(41-4)16-35-30)31-38-25-13-24(33)27(14-28(25)45-31)43-19(2)20(3)44-32(40)36-21-5-6-22(34-15-21)17-39-7-9-42-10-8-39/h5-6,11-16,19-20H,7-10,17H2,1-4H3,(H,36,40)/t19-,20+/m0/s1. The second-order valence-electron chi connectivity index (χ2n) is 10.8. The highest BCUT2D eigenvalue weighted by molar-refractivity contribution is 7.21. The Morgan fingerprint density at radius 1 is 1.07 bits per heavy atom. The molecule has 1 saturated heterocycles. The van der Waals surface area contributed by atoms with Crippen LogP contribution in [-0.4, -0.2) is 76.6 Å². The SMILES string of the molecule is COc1cnc2c(-c3nc4cc(F)c(O[C@@H](C)[C@@H](C)OC(=O)Nc5ccc(CN6CCOCC6)nc5)cc4s3)cc(C)cc2n1. The average molecular weight is 633 g/mol. The highest BCUT2D eigenvalue weighted by Crippen LogP contribution is 2.37. The molecule has 0 bridgehead atoms. The van der Waals surface area contributed by atoms with Crippen LogP contribution >= 0.6 is 11.3 Å². The average Bonchev–Trinajstić information content (AvgIpc) is 3.44. The number of amides is 1. The maximum atomic E-state index is 15.2. The molecule has 13 heteroatoms. The van der Waals surface area contributed by atoms with Gasteiger partial charge in [-0.05, 0) is 50.6 Å². The number of anilines is 1. The van der Waals surface area contributed by atoms with Gasteiger partial charge in [-0.2, -0.15) is 0 Å². The molecule has 1 N–H and O–H groups in total. The Balaban J connectivity index is 1.10. The van der Waals surface area contributed by atoms with Gasteiger partial charge in [0.05, 0.1) is 65.3 Å². The fraction of sp³-hybridized carbons (Fsp3) is 0.344. The van der Waals surface area contributed by atoms with E-state index in [1.165, 1.54) is 17.4 Å². The molecule has 4 heterocycles. The van der Waals surface area contributed by atoms with Crippen molar-refractivity contribution in [2.24, 2.45) is 0 Å². The summed E-state index contributed by atoms with van der Waals surface area (Å²) in [5, 5.41) is 3.37. The van der Waals surface area contributed by atoms with Crippen molar-refractivity contribution in [3.05, 3.63) is 65.9 Å². The Kier molecular flexibility index (Phi) is 9.01. The zero-order chi connectivity index (χ0) is 31.5. The number of methoxy groups -OCH3 is 1. The van der Waals surface area contributed by atoms with Crippen molar-refractivity contribution in [3.8, 4) is 22.2 Å². The summed E-state index contributed by atoms with van der Waals surface area (Å²) < 4.78 is 37.9. The van der Waals surface area contributed by atoms with Crippen LogP contribution in [0.3, 0.4) is 0 Å². The molecule has 2 aromatic carbocycles. The number of aromatic nitrogens is 4. The number of aryl methyl sites for hydroxylation is 1. The zero-order valence-electron chi connectivity index (χ0n) is 25.4. The molecule has 2 atom stereocenters. The summed E-state index contributed by atoms with van der Waals surface area (Å²) in [4.78, 5) is 33.0. The molecule has 0 radical (unpaired) electrons. The molecule has 45 heavy (non-hydrogen) atoms. The van der Waals surface area contributed by atoms with Crippen molar-refractivity contribution in [2.45, 2.75) is 39.5 Å². The number of carbonyl (C=O) groups excluding carboxylic acids is 1. The second-order valence-corrected chi connectivity index (χ2v) is 11.9. The van der Waals surface area contributed by atoms with Crippen LogP contribution in [0.2, 0.25) is 0 Å². The zero-order valence-corrected chi connectivity index (χ0v) is 26.2. The summed E-state index contributed by atoms with van der Waals surface area (Å²) in [5.74, 6) is -0.104. The molecule has 1 amide bonds. The van der Waals surface area contributed by atoms with Crippen LogP contribution in [0.4, 0.5) is 14.9 Å². The molecule has 11 nitrogen and oxygen atoms in total. The first-order chi connectivity index (χ1) is 21.7. The third-order valence-corrected chi connectivity index (χ3v) is 8.53. The minimum absolute atomic E-state index is 0.0414. The summed E-state index contributed by atoms with van der Waals surface area (Å²) in [5.41, 5.74) is 5.05. The van der Waals surface area contributed by atoms with Crippen LogP contribution in [0.5, 0.6) is 11.6 Å². The molecule has 0 saturated carbocycles. The van der Waals surface area contributed by atoms with Crippen molar-refractivity contribution in [1.82, 2.24) is 24.8 Å². The van der Waals surface area contributed by atoms with Gasteiger partial charge in [-0.15, -0.1) is 11.3 Å². The van der Waals surface area contributed by atoms with Gasteiger partial charge in [0.25, 0.3) is 0 Å². The largest absolute Gasteiger partial charge is 0.484 e. The summed E-state index contributed by atoms with van der Waals surface area (Å²) in [6, 6.07) is 10.5. The van der Waals surface area contributed by atoms with E-state index in [-0.39, 0.29) is 5.75 Å². The smallest absolute Gasteiger partial charge is 0.412 e. The maximum Gasteiger partial charge on any atom is 0.412 e. The van der Waals surface area contributed by atoms with Gasteiger partial charge in [0.2, 0.25) is 5.88 Å². The quantitative estimate of drug-likeness (QED) is 0.207. The maximum absolute atomic E-state index is 15.2. The van der Waals surface area contributed by atoms with Crippen molar-refractivity contribution in [3.63, 3.8) is 0 Å². The molecule has 1 fully saturated rings. The van der Waals surface area contributed by atoms with Gasteiger partial charge in [0.1, 0.15) is 17.2 Å². The fourth-order valence-electron chi connectivity index (χ4n) is 4.93. The first-order valence-corrected chi connectivity index (χ1v) is 15.4. The van der Waals surface area contributed by atoms with E-state index in [0.717, 1.165) is 54.4 Å². The number of nitrogens with zero attached hydrogens (tertiary/aromatic N) is 5. The van der Waals surface area contributed by atoms with E-state index in [4.69, 9.17) is 18.9 Å². The van der Waals surface area contributed by atoms with Crippen LogP contribution in [0, 0.1) is 12.7 Å². The Morgan fingerprint density at radius 3 is 2.64 bits per heavy atom. The molecule has 5 aromatic rings. The summed E-state index contributed by atoms with van der Waals surface area (Å²) in [6.45, 7) is 9.26. The molecule has 0 aliphatic carbocycles. The fourth-order valence-corrected chi connectivity index (χ4v) is 5.93. The van der Waals surface area contributed by atoms with E-state index in [1.54, 1.807) is 45.5 Å². The summed E-state index contributed by atoms with van der Waals surface area (Å²) >= 11 is 1.40. The van der Waals surface area contributed by atoms with E-state index in [0.29, 0.717) is 33.1 Å². The Morgan fingerprint density at radius 2 is 1.89 bits per heavy atom. The number of ether oxygens (including phenoxy) is 4. The number of benzene rings is 2. The molecular formula is C32H33FN6O5S. The van der Waals surface area contributed by atoms with E-state index in [1.807, 2.05) is 25.1 Å². The number of hydrogen-bond donors (Lipinski definition) is 1. The van der Waals surface area contributed by atoms with E-state index < -0.39 is 24.1 Å². The van der Waals surface area contributed by atoms with E-state index in [9.17, 15) is 4.79 Å². The number of rotatable bonds is 9. The van der Waals surface area contributed by atoms with Crippen LogP contribution in [0.1, 0.15) is 25.1 Å². The predicted molar refractivity (Wildman–Crippen MR) is 169 cm³/mol. The molecule has 6 rings (SSSR count). The third-order valence-electron chi connectivity index (χ3n) is 7.48. The second kappa shape index (κ2) is 13.3. The lowest BCUT2D eigenvalue weighted by molar-refractivity contribution is 0.0336.